The van der Waals surface area contributed by atoms with E-state index in [1.807, 2.05) is 0 Å². The van der Waals surface area contributed by atoms with E-state index in [1.54, 1.807) is 10.8 Å². The third-order valence-electron chi connectivity index (χ3n) is 3.19. The van der Waals surface area contributed by atoms with E-state index in [-0.39, 0.29) is 16.6 Å². The fourth-order valence-electron chi connectivity index (χ4n) is 2.00. The van der Waals surface area contributed by atoms with Crippen molar-refractivity contribution in [1.29, 1.82) is 0 Å². The molecule has 0 fully saturated rings. The number of amides is 4. The van der Waals surface area contributed by atoms with Crippen molar-refractivity contribution in [1.82, 2.24) is 16.0 Å². The third kappa shape index (κ3) is 14.3. The number of primary amides is 1. The van der Waals surface area contributed by atoms with Gasteiger partial charge in [0.15, 0.2) is 0 Å². The first kappa shape index (κ1) is 25.6. The van der Waals surface area contributed by atoms with Crippen LogP contribution in [0, 0.1) is 0 Å². The minimum Gasteiger partial charge on any atom is -0.368 e. The van der Waals surface area contributed by atoms with E-state index in [1.165, 1.54) is 24.6 Å². The number of rotatable bonds is 12. The lowest BCUT2D eigenvalue weighted by Crippen LogP contribution is -2.53. The normalized spacial score (nSPS) is 13.4. The molecule has 0 aromatic heterocycles. The molecule has 5 N–H and O–H groups in total. The van der Waals surface area contributed by atoms with Gasteiger partial charge in [-0.2, -0.15) is 0 Å². The quantitative estimate of drug-likeness (QED) is 0.275. The highest BCUT2D eigenvalue weighted by atomic mass is 33.1. The van der Waals surface area contributed by atoms with Gasteiger partial charge in [0, 0.05) is 30.9 Å². The molecule has 156 valence electrons. The molecule has 0 radical (unpaired) electrons. The molecule has 0 saturated heterocycles. The van der Waals surface area contributed by atoms with Crippen molar-refractivity contribution < 1.29 is 19.2 Å². The van der Waals surface area contributed by atoms with Crippen LogP contribution in [-0.4, -0.2) is 52.8 Å². The van der Waals surface area contributed by atoms with Crippen molar-refractivity contribution in [2.75, 3.05) is 12.3 Å². The van der Waals surface area contributed by atoms with Crippen molar-refractivity contribution in [3.63, 3.8) is 0 Å². The Kier molecular flexibility index (Phi) is 12.2. The van der Waals surface area contributed by atoms with Crippen LogP contribution in [0.1, 0.15) is 53.9 Å². The van der Waals surface area contributed by atoms with Crippen LogP contribution >= 0.6 is 21.6 Å². The van der Waals surface area contributed by atoms with E-state index < -0.39 is 23.9 Å². The van der Waals surface area contributed by atoms with Crippen molar-refractivity contribution in [3.05, 3.63) is 0 Å². The molecule has 4 amide bonds. The smallest absolute Gasteiger partial charge is 0.243 e. The van der Waals surface area contributed by atoms with Crippen LogP contribution in [-0.2, 0) is 19.2 Å². The first-order chi connectivity index (χ1) is 12.4. The van der Waals surface area contributed by atoms with Crippen LogP contribution in [0.4, 0.5) is 0 Å². The Morgan fingerprint density at radius 1 is 0.963 bits per heavy atom. The van der Waals surface area contributed by atoms with Gasteiger partial charge >= 0.3 is 0 Å². The monoisotopic (exact) mass is 420 g/mol. The number of carbonyl (C=O) groups excluding carboxylic acids is 4. The molecule has 0 spiro atoms. The van der Waals surface area contributed by atoms with E-state index in [0.29, 0.717) is 31.6 Å². The van der Waals surface area contributed by atoms with Crippen LogP contribution in [0.3, 0.4) is 0 Å². The Hall–Kier alpha value is -1.42. The summed E-state index contributed by atoms with van der Waals surface area (Å²) < 4.78 is 0.0174. The Labute approximate surface area is 169 Å². The maximum atomic E-state index is 12.5. The Morgan fingerprint density at radius 2 is 1.59 bits per heavy atom. The number of unbranched alkanes of at least 4 members (excludes halogenated alkanes) is 1. The lowest BCUT2D eigenvalue weighted by atomic mass is 10.1. The molecule has 2 atom stereocenters. The van der Waals surface area contributed by atoms with Gasteiger partial charge in [-0.15, -0.1) is 0 Å². The summed E-state index contributed by atoms with van der Waals surface area (Å²) in [4.78, 5) is 46.4. The second-order valence-corrected chi connectivity index (χ2v) is 10.3. The highest BCUT2D eigenvalue weighted by Gasteiger charge is 2.25. The van der Waals surface area contributed by atoms with Gasteiger partial charge in [0.05, 0.1) is 0 Å². The summed E-state index contributed by atoms with van der Waals surface area (Å²) in [5, 5.41) is 7.92. The molecule has 27 heavy (non-hydrogen) atoms. The summed E-state index contributed by atoms with van der Waals surface area (Å²) >= 11 is 0. The van der Waals surface area contributed by atoms with Crippen LogP contribution in [0.15, 0.2) is 0 Å². The van der Waals surface area contributed by atoms with Crippen LogP contribution in [0.2, 0.25) is 0 Å². The maximum Gasteiger partial charge on any atom is 0.243 e. The molecule has 0 rings (SSSR count). The average molecular weight is 421 g/mol. The summed E-state index contributed by atoms with van der Waals surface area (Å²) in [6, 6.07) is -1.56. The topological polar surface area (TPSA) is 130 Å². The van der Waals surface area contributed by atoms with Crippen molar-refractivity contribution in [2.24, 2.45) is 5.73 Å². The zero-order valence-corrected chi connectivity index (χ0v) is 18.4. The molecule has 10 heteroatoms. The predicted octanol–water partition coefficient (Wildman–Crippen LogP) is 0.948. The predicted molar refractivity (Wildman–Crippen MR) is 111 cm³/mol. The summed E-state index contributed by atoms with van der Waals surface area (Å²) in [6.07, 6.45) is 1.72. The van der Waals surface area contributed by atoms with Crippen molar-refractivity contribution in [2.45, 2.75) is 70.7 Å². The molecule has 2 unspecified atom stereocenters. The van der Waals surface area contributed by atoms with Gasteiger partial charge in [-0.25, -0.2) is 0 Å². The van der Waals surface area contributed by atoms with Gasteiger partial charge in [0.1, 0.15) is 12.1 Å². The first-order valence-corrected chi connectivity index (χ1v) is 11.2. The lowest BCUT2D eigenvalue weighted by molar-refractivity contribution is -0.130. The van der Waals surface area contributed by atoms with E-state index in [0.717, 1.165) is 0 Å². The van der Waals surface area contributed by atoms with Gasteiger partial charge in [0.2, 0.25) is 23.6 Å². The van der Waals surface area contributed by atoms with Gasteiger partial charge in [-0.1, -0.05) is 42.4 Å². The second-order valence-electron chi connectivity index (χ2n) is 7.18. The Morgan fingerprint density at radius 3 is 2.07 bits per heavy atom. The summed E-state index contributed by atoms with van der Waals surface area (Å²) in [7, 11) is 3.07. The van der Waals surface area contributed by atoms with E-state index in [2.05, 4.69) is 36.7 Å². The standard InChI is InChI=1S/C17H32N4O4S2/c1-11(22)19-9-7-6-8-13(20-12(2)23)16(25)21-14(15(18)24)10-26-27-17(3,4)5/h13-14H,6-10H2,1-5H3,(H2,18,24)(H,19,22)(H,20,23)(H,21,25). The van der Waals surface area contributed by atoms with Gasteiger partial charge in [0.25, 0.3) is 0 Å². The molecule has 0 heterocycles. The third-order valence-corrected chi connectivity index (χ3v) is 6.54. The summed E-state index contributed by atoms with van der Waals surface area (Å²) in [6.45, 7) is 9.43. The summed E-state index contributed by atoms with van der Waals surface area (Å²) in [5.74, 6) is -1.14. The maximum absolute atomic E-state index is 12.5. The molecule has 0 aliphatic heterocycles. The summed E-state index contributed by atoms with van der Waals surface area (Å²) in [5.41, 5.74) is 5.40. The largest absolute Gasteiger partial charge is 0.368 e. The molecule has 0 aliphatic carbocycles. The fourth-order valence-corrected chi connectivity index (χ4v) is 4.48. The highest BCUT2D eigenvalue weighted by molar-refractivity contribution is 8.77. The van der Waals surface area contributed by atoms with Gasteiger partial charge < -0.3 is 21.7 Å². The number of hydrogen-bond donors (Lipinski definition) is 4. The molecule has 0 saturated carbocycles. The molecule has 0 aromatic carbocycles. The van der Waals surface area contributed by atoms with Crippen LogP contribution in [0.25, 0.3) is 0 Å². The number of nitrogens with two attached hydrogens (primary N) is 1. The number of nitrogens with one attached hydrogen (secondary N) is 3. The van der Waals surface area contributed by atoms with Crippen LogP contribution < -0.4 is 21.7 Å². The molecule has 0 aliphatic rings. The molecular weight excluding hydrogens is 388 g/mol. The lowest BCUT2D eigenvalue weighted by Gasteiger charge is -2.22. The van der Waals surface area contributed by atoms with Gasteiger partial charge in [-0.05, 0) is 19.3 Å². The second kappa shape index (κ2) is 12.9. The van der Waals surface area contributed by atoms with Gasteiger partial charge in [-0.3, -0.25) is 19.2 Å². The van der Waals surface area contributed by atoms with E-state index in [9.17, 15) is 19.2 Å². The number of carbonyl (C=O) groups is 4. The van der Waals surface area contributed by atoms with Crippen molar-refractivity contribution in [3.8, 4) is 0 Å². The molecular formula is C17H32N4O4S2. The molecule has 0 bridgehead atoms. The molecule has 8 nitrogen and oxygen atoms in total. The number of hydrogen-bond acceptors (Lipinski definition) is 6. The Bertz CT molecular complexity index is 524. The zero-order valence-electron chi connectivity index (χ0n) is 16.7. The SMILES string of the molecule is CC(=O)NCCCCC(NC(C)=O)C(=O)NC(CSSC(C)(C)C)C(N)=O. The van der Waals surface area contributed by atoms with Crippen LogP contribution in [0.5, 0.6) is 0 Å². The first-order valence-electron chi connectivity index (χ1n) is 8.84. The minimum atomic E-state index is -0.812. The Balaban J connectivity index is 4.64. The van der Waals surface area contributed by atoms with Crippen molar-refractivity contribution >= 4 is 45.2 Å². The molecule has 0 aromatic rings. The fraction of sp³-hybridized carbons (Fsp3) is 0.765. The van der Waals surface area contributed by atoms with E-state index in [4.69, 9.17) is 5.73 Å². The van der Waals surface area contributed by atoms with E-state index >= 15 is 0 Å². The highest BCUT2D eigenvalue weighted by Crippen LogP contribution is 2.35. The zero-order chi connectivity index (χ0) is 21.0. The average Bonchev–Trinajstić information content (AvgIpc) is 2.50. The minimum absolute atomic E-state index is 0.0174.